The van der Waals surface area contributed by atoms with Crippen molar-refractivity contribution in [2.24, 2.45) is 34.0 Å². The van der Waals surface area contributed by atoms with Crippen LogP contribution in [-0.2, 0) is 0 Å². The molecule has 1 aliphatic rings. The Morgan fingerprint density at radius 1 is 0.618 bits per heavy atom. The Hall–Kier alpha value is 0. The highest BCUT2D eigenvalue weighted by Crippen LogP contribution is 2.41. The van der Waals surface area contributed by atoms with Crippen molar-refractivity contribution in [3.63, 3.8) is 0 Å². The third-order valence-corrected chi connectivity index (χ3v) is 7.25. The molecule has 0 aromatic carbocycles. The first kappa shape index (κ1) is 41.1. The molecule has 0 radical (unpaired) electrons. The van der Waals surface area contributed by atoms with E-state index in [1.165, 1.54) is 70.6 Å². The summed E-state index contributed by atoms with van der Waals surface area (Å²) >= 11 is 0. The van der Waals surface area contributed by atoms with Gasteiger partial charge in [0.2, 0.25) is 0 Å². The standard InChI is InChI=1S/C12H24.C9H20.C6H14.C4H10.C3H8/c1-5-12(3,4)11-8-6-10(2)7-9-11;1-6-8(2)7-9(3,4)5;1-5-6(2,3)4;1-3-4-2;1-3-2/h10-11H,5-9H2,1-4H3;8H,6-7H2,1-5H3;5H2,1-4H3;3-4H2,1-2H3;3H2,1-2H3. The van der Waals surface area contributed by atoms with Gasteiger partial charge in [-0.3, -0.25) is 0 Å². The number of hydrogen-bond acceptors (Lipinski definition) is 0. The zero-order valence-electron chi connectivity index (χ0n) is 28.0. The Morgan fingerprint density at radius 2 is 0.971 bits per heavy atom. The molecular weight excluding hydrogens is 408 g/mol. The number of rotatable bonds is 5. The van der Waals surface area contributed by atoms with Gasteiger partial charge in [-0.05, 0) is 53.3 Å². The Morgan fingerprint density at radius 3 is 1.15 bits per heavy atom. The lowest BCUT2D eigenvalue weighted by atomic mass is 9.68. The first-order valence-electron chi connectivity index (χ1n) is 15.4. The molecule has 0 heterocycles. The fourth-order valence-electron chi connectivity index (χ4n) is 3.52. The Labute approximate surface area is 222 Å². The van der Waals surface area contributed by atoms with Crippen molar-refractivity contribution in [2.75, 3.05) is 0 Å². The van der Waals surface area contributed by atoms with Gasteiger partial charge in [0.15, 0.2) is 0 Å². The quantitative estimate of drug-likeness (QED) is 0.364. The van der Waals surface area contributed by atoms with Gasteiger partial charge in [-0.25, -0.2) is 0 Å². The molecule has 1 rings (SSSR count). The van der Waals surface area contributed by atoms with E-state index < -0.39 is 0 Å². The fraction of sp³-hybridized carbons (Fsp3) is 1.00. The molecule has 212 valence electrons. The first-order valence-corrected chi connectivity index (χ1v) is 15.4. The van der Waals surface area contributed by atoms with E-state index in [-0.39, 0.29) is 0 Å². The van der Waals surface area contributed by atoms with Gasteiger partial charge < -0.3 is 0 Å². The van der Waals surface area contributed by atoms with E-state index in [0.717, 1.165) is 17.8 Å². The van der Waals surface area contributed by atoms with Crippen LogP contribution in [0.25, 0.3) is 0 Å². The molecule has 0 amide bonds. The largest absolute Gasteiger partial charge is 0.0656 e. The van der Waals surface area contributed by atoms with Crippen molar-refractivity contribution in [1.29, 1.82) is 0 Å². The van der Waals surface area contributed by atoms with Gasteiger partial charge in [0, 0.05) is 0 Å². The molecule has 0 nitrogen and oxygen atoms in total. The highest BCUT2D eigenvalue weighted by atomic mass is 14.4. The lowest BCUT2D eigenvalue weighted by Crippen LogP contribution is -2.27. The maximum Gasteiger partial charge on any atom is -0.0329 e. The van der Waals surface area contributed by atoms with Crippen LogP contribution in [0.4, 0.5) is 0 Å². The maximum absolute atomic E-state index is 2.44. The summed E-state index contributed by atoms with van der Waals surface area (Å²) in [6, 6.07) is 0. The van der Waals surface area contributed by atoms with Crippen LogP contribution in [0, 0.1) is 34.0 Å². The van der Waals surface area contributed by atoms with Crippen molar-refractivity contribution in [1.82, 2.24) is 0 Å². The summed E-state index contributed by atoms with van der Waals surface area (Å²) in [6.07, 6.45) is 15.0. The second-order valence-electron chi connectivity index (χ2n) is 14.2. The van der Waals surface area contributed by atoms with Crippen LogP contribution in [0.5, 0.6) is 0 Å². The minimum absolute atomic E-state index is 0.523. The van der Waals surface area contributed by atoms with E-state index in [4.69, 9.17) is 0 Å². The van der Waals surface area contributed by atoms with Gasteiger partial charge in [0.25, 0.3) is 0 Å². The summed E-state index contributed by atoms with van der Waals surface area (Å²) < 4.78 is 0. The zero-order valence-corrected chi connectivity index (χ0v) is 28.0. The lowest BCUT2D eigenvalue weighted by molar-refractivity contribution is 0.133. The third-order valence-electron chi connectivity index (χ3n) is 7.25. The van der Waals surface area contributed by atoms with Crippen LogP contribution < -0.4 is 0 Å². The summed E-state index contributed by atoms with van der Waals surface area (Å²) in [5.74, 6) is 2.89. The minimum Gasteiger partial charge on any atom is -0.0656 e. The number of hydrogen-bond donors (Lipinski definition) is 0. The molecule has 0 N–H and O–H groups in total. The van der Waals surface area contributed by atoms with Gasteiger partial charge in [-0.2, -0.15) is 0 Å². The lowest BCUT2D eigenvalue weighted by Gasteiger charge is -2.38. The fourth-order valence-corrected chi connectivity index (χ4v) is 3.52. The molecule has 0 bridgehead atoms. The van der Waals surface area contributed by atoms with Crippen molar-refractivity contribution in [2.45, 2.75) is 188 Å². The molecule has 1 unspecified atom stereocenters. The summed E-state index contributed by atoms with van der Waals surface area (Å²) in [6.45, 7) is 38.7. The molecule has 34 heavy (non-hydrogen) atoms. The van der Waals surface area contributed by atoms with Gasteiger partial charge in [-0.15, -0.1) is 0 Å². The Bertz CT molecular complexity index is 366. The van der Waals surface area contributed by atoms with Crippen molar-refractivity contribution in [3.05, 3.63) is 0 Å². The van der Waals surface area contributed by atoms with Crippen molar-refractivity contribution >= 4 is 0 Å². The van der Waals surface area contributed by atoms with E-state index in [9.17, 15) is 0 Å². The predicted octanol–water partition coefficient (Wildman–Crippen LogP) is 13.4. The van der Waals surface area contributed by atoms with Gasteiger partial charge in [0.05, 0.1) is 0 Å². The summed E-state index contributed by atoms with van der Waals surface area (Å²) in [5.41, 5.74) is 1.66. The smallest absolute Gasteiger partial charge is 0.0329 e. The second kappa shape index (κ2) is 23.4. The molecule has 1 fully saturated rings. The van der Waals surface area contributed by atoms with Crippen molar-refractivity contribution < 1.29 is 0 Å². The van der Waals surface area contributed by atoms with E-state index in [2.05, 4.69) is 118 Å². The molecule has 0 spiro atoms. The van der Waals surface area contributed by atoms with Crippen LogP contribution in [0.3, 0.4) is 0 Å². The molecule has 0 heteroatoms. The average Bonchev–Trinajstić information content (AvgIpc) is 2.74. The summed E-state index contributed by atoms with van der Waals surface area (Å²) in [4.78, 5) is 0. The van der Waals surface area contributed by atoms with Gasteiger partial charge in [0.1, 0.15) is 0 Å². The topological polar surface area (TPSA) is 0 Å². The SMILES string of the molecule is CCC.CCC(C)(C)C.CCC(C)(C)C1CCC(C)CC1.CCC(C)CC(C)(C)C.CCCC. The average molecular weight is 485 g/mol. The molecule has 0 aromatic rings. The molecule has 1 aliphatic carbocycles. The molecular formula is C34H76. The summed E-state index contributed by atoms with van der Waals surface area (Å²) in [7, 11) is 0. The molecule has 0 aliphatic heterocycles. The van der Waals surface area contributed by atoms with E-state index in [1.54, 1.807) is 0 Å². The maximum atomic E-state index is 2.44. The molecule has 1 saturated carbocycles. The summed E-state index contributed by atoms with van der Waals surface area (Å²) in [5, 5.41) is 0. The Balaban J connectivity index is -0.000000181. The number of unbranched alkanes of at least 4 members (excludes halogenated alkanes) is 1. The van der Waals surface area contributed by atoms with Crippen LogP contribution in [0.15, 0.2) is 0 Å². The van der Waals surface area contributed by atoms with Crippen LogP contribution in [0.2, 0.25) is 0 Å². The Kier molecular flexibility index (Phi) is 28.3. The first-order chi connectivity index (χ1) is 15.4. The van der Waals surface area contributed by atoms with Gasteiger partial charge in [-0.1, -0.05) is 169 Å². The highest BCUT2D eigenvalue weighted by molar-refractivity contribution is 4.81. The van der Waals surface area contributed by atoms with Crippen LogP contribution in [0.1, 0.15) is 188 Å². The van der Waals surface area contributed by atoms with E-state index in [1.807, 2.05) is 0 Å². The van der Waals surface area contributed by atoms with E-state index >= 15 is 0 Å². The minimum atomic E-state index is 0.523. The molecule has 1 atom stereocenters. The van der Waals surface area contributed by atoms with Gasteiger partial charge >= 0.3 is 0 Å². The van der Waals surface area contributed by atoms with Crippen LogP contribution >= 0.6 is 0 Å². The van der Waals surface area contributed by atoms with Crippen molar-refractivity contribution in [3.8, 4) is 0 Å². The third kappa shape index (κ3) is 34.2. The second-order valence-corrected chi connectivity index (χ2v) is 14.2. The normalized spacial score (nSPS) is 19.0. The zero-order chi connectivity index (χ0) is 28.0. The van der Waals surface area contributed by atoms with Crippen LogP contribution in [-0.4, -0.2) is 0 Å². The molecule has 0 aromatic heterocycles. The monoisotopic (exact) mass is 485 g/mol. The predicted molar refractivity (Wildman–Crippen MR) is 165 cm³/mol. The van der Waals surface area contributed by atoms with E-state index in [0.29, 0.717) is 16.2 Å². The molecule has 0 saturated heterocycles. The highest BCUT2D eigenvalue weighted by Gasteiger charge is 2.30.